The number of aromatic amines is 1. The van der Waals surface area contributed by atoms with E-state index < -0.39 is 0 Å². The van der Waals surface area contributed by atoms with Crippen molar-refractivity contribution in [3.8, 4) is 0 Å². The van der Waals surface area contributed by atoms with Crippen LogP contribution in [0.1, 0.15) is 37.3 Å². The summed E-state index contributed by atoms with van der Waals surface area (Å²) in [5.41, 5.74) is 3.75. The number of unbranched alkanes of at least 4 members (excludes halogenated alkanes) is 1. The number of carbonyl (C=O) groups excluding carboxylic acids is 1. The molecule has 0 saturated heterocycles. The van der Waals surface area contributed by atoms with Gasteiger partial charge in [-0.25, -0.2) is 0 Å². The summed E-state index contributed by atoms with van der Waals surface area (Å²) in [4.78, 5) is 19.0. The van der Waals surface area contributed by atoms with Gasteiger partial charge in [-0.15, -0.1) is 24.0 Å². The fourth-order valence-electron chi connectivity index (χ4n) is 2.84. The van der Waals surface area contributed by atoms with Gasteiger partial charge in [-0.05, 0) is 50.3 Å². The molecule has 3 N–H and O–H groups in total. The van der Waals surface area contributed by atoms with Crippen LogP contribution in [0.5, 0.6) is 0 Å². The number of hydrogen-bond acceptors (Lipinski definition) is 3. The number of hydrogen-bond donors (Lipinski definition) is 3. The maximum Gasteiger partial charge on any atom is 0.305 e. The predicted octanol–water partition coefficient (Wildman–Crippen LogP) is 3.54. The van der Waals surface area contributed by atoms with E-state index in [1.165, 1.54) is 29.1 Å². The largest absolute Gasteiger partial charge is 0.469 e. The Hall–Kier alpha value is -1.77. The van der Waals surface area contributed by atoms with E-state index in [0.29, 0.717) is 13.0 Å². The molecular weight excluding hydrogens is 455 g/mol. The summed E-state index contributed by atoms with van der Waals surface area (Å²) in [6.45, 7) is 6.48. The molecule has 150 valence electrons. The minimum Gasteiger partial charge on any atom is -0.469 e. The van der Waals surface area contributed by atoms with Crippen molar-refractivity contribution in [3.63, 3.8) is 0 Å². The number of rotatable bonds is 9. The highest BCUT2D eigenvalue weighted by Gasteiger charge is 2.04. The molecule has 2 aromatic rings. The van der Waals surface area contributed by atoms with E-state index in [1.54, 1.807) is 0 Å². The highest BCUT2D eigenvalue weighted by Crippen LogP contribution is 2.19. The first-order valence-electron chi connectivity index (χ1n) is 9.29. The lowest BCUT2D eigenvalue weighted by atomic mass is 10.1. The molecular formula is C20H31IN4O2. The zero-order valence-corrected chi connectivity index (χ0v) is 18.8. The molecule has 1 heterocycles. The third-order valence-corrected chi connectivity index (χ3v) is 4.24. The summed E-state index contributed by atoms with van der Waals surface area (Å²) in [6, 6.07) is 6.50. The number of H-pyrrole nitrogens is 1. The van der Waals surface area contributed by atoms with Crippen LogP contribution >= 0.6 is 24.0 Å². The maximum atomic E-state index is 11.1. The Morgan fingerprint density at radius 1 is 1.26 bits per heavy atom. The summed E-state index contributed by atoms with van der Waals surface area (Å²) in [6.07, 6.45) is 5.13. The number of nitrogens with zero attached hydrogens (tertiary/aromatic N) is 1. The van der Waals surface area contributed by atoms with E-state index in [2.05, 4.69) is 63.6 Å². The van der Waals surface area contributed by atoms with Crippen molar-refractivity contribution in [2.75, 3.05) is 26.7 Å². The molecule has 0 atom stereocenters. The zero-order valence-electron chi connectivity index (χ0n) is 16.4. The quantitative estimate of drug-likeness (QED) is 0.167. The van der Waals surface area contributed by atoms with Gasteiger partial charge in [0, 0.05) is 43.2 Å². The molecule has 1 aromatic carbocycles. The Bertz CT molecular complexity index is 743. The van der Waals surface area contributed by atoms with E-state index in [9.17, 15) is 4.79 Å². The number of aryl methyl sites for hydroxylation is 1. The molecule has 0 unspecified atom stereocenters. The smallest absolute Gasteiger partial charge is 0.305 e. The number of halogens is 1. The second-order valence-electron chi connectivity index (χ2n) is 6.33. The second-order valence-corrected chi connectivity index (χ2v) is 6.33. The monoisotopic (exact) mass is 486 g/mol. The first kappa shape index (κ1) is 23.3. The van der Waals surface area contributed by atoms with Crippen LogP contribution in [-0.2, 0) is 16.0 Å². The number of esters is 1. The molecule has 2 rings (SSSR count). The fraction of sp³-hybridized carbons (Fsp3) is 0.500. The lowest BCUT2D eigenvalue weighted by molar-refractivity contribution is -0.140. The van der Waals surface area contributed by atoms with Crippen LogP contribution < -0.4 is 10.6 Å². The molecule has 0 aliphatic rings. The first-order valence-corrected chi connectivity index (χ1v) is 9.29. The first-order chi connectivity index (χ1) is 12.6. The predicted molar refractivity (Wildman–Crippen MR) is 122 cm³/mol. The summed E-state index contributed by atoms with van der Waals surface area (Å²) in [7, 11) is 1.42. The molecule has 0 aliphatic heterocycles. The minimum absolute atomic E-state index is 0. The maximum absolute atomic E-state index is 11.1. The second kappa shape index (κ2) is 12.6. The van der Waals surface area contributed by atoms with E-state index >= 15 is 0 Å². The molecule has 0 aliphatic carbocycles. The van der Waals surface area contributed by atoms with Gasteiger partial charge in [-0.2, -0.15) is 0 Å². The van der Waals surface area contributed by atoms with Crippen molar-refractivity contribution in [3.05, 3.63) is 35.5 Å². The van der Waals surface area contributed by atoms with Crippen LogP contribution in [0.2, 0.25) is 0 Å². The summed E-state index contributed by atoms with van der Waals surface area (Å²) >= 11 is 0. The van der Waals surface area contributed by atoms with E-state index in [1.807, 2.05) is 0 Å². The molecule has 0 saturated carbocycles. The van der Waals surface area contributed by atoms with Gasteiger partial charge in [0.25, 0.3) is 0 Å². The number of aromatic nitrogens is 1. The van der Waals surface area contributed by atoms with Gasteiger partial charge < -0.3 is 20.4 Å². The number of benzene rings is 1. The fourth-order valence-corrected chi connectivity index (χ4v) is 2.84. The normalized spacial score (nSPS) is 11.1. The topological polar surface area (TPSA) is 78.5 Å². The highest BCUT2D eigenvalue weighted by molar-refractivity contribution is 14.0. The number of carbonyl (C=O) groups is 1. The Morgan fingerprint density at radius 2 is 2.07 bits per heavy atom. The molecule has 0 amide bonds. The summed E-state index contributed by atoms with van der Waals surface area (Å²) in [5, 5.41) is 7.92. The molecule has 0 radical (unpaired) electrons. The zero-order chi connectivity index (χ0) is 18.8. The van der Waals surface area contributed by atoms with E-state index in [-0.39, 0.29) is 29.9 Å². The van der Waals surface area contributed by atoms with Crippen molar-refractivity contribution < 1.29 is 9.53 Å². The van der Waals surface area contributed by atoms with Crippen LogP contribution in [0, 0.1) is 6.92 Å². The minimum atomic E-state index is -0.159. The molecule has 0 bridgehead atoms. The molecule has 27 heavy (non-hydrogen) atoms. The van der Waals surface area contributed by atoms with Crippen LogP contribution in [0.4, 0.5) is 0 Å². The average Bonchev–Trinajstić information content (AvgIpc) is 3.03. The Balaban J connectivity index is 0.00000364. The average molecular weight is 486 g/mol. The molecule has 7 heteroatoms. The van der Waals surface area contributed by atoms with Crippen LogP contribution in [0.25, 0.3) is 10.9 Å². The van der Waals surface area contributed by atoms with E-state index in [0.717, 1.165) is 38.3 Å². The highest BCUT2D eigenvalue weighted by atomic mass is 127. The van der Waals surface area contributed by atoms with Gasteiger partial charge in [0.15, 0.2) is 5.96 Å². The van der Waals surface area contributed by atoms with E-state index in [4.69, 9.17) is 0 Å². The van der Waals surface area contributed by atoms with Gasteiger partial charge in [-0.3, -0.25) is 9.79 Å². The van der Waals surface area contributed by atoms with Gasteiger partial charge in [0.2, 0.25) is 0 Å². The van der Waals surface area contributed by atoms with Crippen molar-refractivity contribution in [1.29, 1.82) is 0 Å². The van der Waals surface area contributed by atoms with Gasteiger partial charge in [0.05, 0.1) is 7.11 Å². The Labute approximate surface area is 178 Å². The third kappa shape index (κ3) is 7.78. The number of fused-ring (bicyclic) bond motifs is 1. The van der Waals surface area contributed by atoms with Crippen LogP contribution in [0.3, 0.4) is 0 Å². The van der Waals surface area contributed by atoms with Gasteiger partial charge >= 0.3 is 5.97 Å². The summed E-state index contributed by atoms with van der Waals surface area (Å²) in [5.74, 6) is 0.661. The Morgan fingerprint density at radius 3 is 2.81 bits per heavy atom. The molecule has 6 nitrogen and oxygen atoms in total. The number of nitrogens with one attached hydrogen (secondary N) is 3. The van der Waals surface area contributed by atoms with Crippen molar-refractivity contribution >= 4 is 46.8 Å². The van der Waals surface area contributed by atoms with Crippen LogP contribution in [0.15, 0.2) is 29.4 Å². The SMILES string of the molecule is CCNC(=NCCCCC(=O)OC)NCCc1c[nH]c2cc(C)ccc12.I. The van der Waals surface area contributed by atoms with Crippen LogP contribution in [-0.4, -0.2) is 43.7 Å². The molecule has 0 fully saturated rings. The number of ether oxygens (including phenoxy) is 1. The lowest BCUT2D eigenvalue weighted by Gasteiger charge is -2.11. The summed E-state index contributed by atoms with van der Waals surface area (Å²) < 4.78 is 4.64. The molecule has 0 spiro atoms. The lowest BCUT2D eigenvalue weighted by Crippen LogP contribution is -2.38. The standard InChI is InChI=1S/C20H30N4O2.HI/c1-4-21-20(22-11-6-5-7-19(25)26-3)23-12-10-16-14-24-18-13-15(2)8-9-17(16)18;/h8-9,13-14,24H,4-7,10-12H2,1-3H3,(H2,21,22,23);1H. The number of methoxy groups -OCH3 is 1. The number of guanidine groups is 1. The number of aliphatic imine (C=N–C) groups is 1. The third-order valence-electron chi connectivity index (χ3n) is 4.24. The van der Waals surface area contributed by atoms with Crippen molar-refractivity contribution in [2.24, 2.45) is 4.99 Å². The molecule has 1 aromatic heterocycles. The van der Waals surface area contributed by atoms with Gasteiger partial charge in [-0.1, -0.05) is 12.1 Å². The van der Waals surface area contributed by atoms with Gasteiger partial charge in [0.1, 0.15) is 0 Å². The van der Waals surface area contributed by atoms with Crippen molar-refractivity contribution in [2.45, 2.75) is 39.5 Å². The Kier molecular flexibility index (Phi) is 10.8. The van der Waals surface area contributed by atoms with Crippen molar-refractivity contribution in [1.82, 2.24) is 15.6 Å².